The second-order valence-electron chi connectivity index (χ2n) is 5.69. The Balaban J connectivity index is 1.72. The van der Waals surface area contributed by atoms with Crippen LogP contribution in [-0.4, -0.2) is 12.1 Å². The monoisotopic (exact) mass is 292 g/mol. The maximum absolute atomic E-state index is 12.5. The minimum atomic E-state index is -0.0812. The van der Waals surface area contributed by atoms with E-state index in [0.717, 1.165) is 17.7 Å². The van der Waals surface area contributed by atoms with Crippen molar-refractivity contribution in [2.24, 2.45) is 0 Å². The minimum Gasteiger partial charge on any atom is -0.314 e. The summed E-state index contributed by atoms with van der Waals surface area (Å²) >= 11 is 0. The van der Waals surface area contributed by atoms with Gasteiger partial charge in [0, 0.05) is 17.9 Å². The highest BCUT2D eigenvalue weighted by Gasteiger charge is 2.29. The van der Waals surface area contributed by atoms with Crippen molar-refractivity contribution in [3.8, 4) is 0 Å². The van der Waals surface area contributed by atoms with Crippen molar-refractivity contribution >= 4 is 17.8 Å². The molecule has 0 fully saturated rings. The molecule has 0 saturated carbocycles. The number of nitrogens with one attached hydrogen (secondary N) is 1. The third kappa shape index (κ3) is 2.75. The van der Waals surface area contributed by atoms with E-state index in [0.29, 0.717) is 0 Å². The Kier molecular flexibility index (Phi) is 3.96. The van der Waals surface area contributed by atoms with Gasteiger partial charge >= 0.3 is 6.03 Å². The molecular formula is C19H20N2O. The lowest BCUT2D eigenvalue weighted by Gasteiger charge is -2.22. The van der Waals surface area contributed by atoms with E-state index in [1.165, 1.54) is 11.1 Å². The fourth-order valence-corrected chi connectivity index (χ4v) is 2.92. The quantitative estimate of drug-likeness (QED) is 0.887. The summed E-state index contributed by atoms with van der Waals surface area (Å²) in [5, 5.41) is 2.88. The zero-order valence-corrected chi connectivity index (χ0v) is 12.9. The molecule has 22 heavy (non-hydrogen) atoms. The summed E-state index contributed by atoms with van der Waals surface area (Å²) in [7, 11) is 0. The van der Waals surface area contributed by atoms with Crippen LogP contribution in [0.15, 0.2) is 54.7 Å². The summed E-state index contributed by atoms with van der Waals surface area (Å²) in [5.41, 5.74) is 4.54. The van der Waals surface area contributed by atoms with Gasteiger partial charge in [-0.05, 0) is 49.1 Å². The molecule has 2 aromatic rings. The Morgan fingerprint density at radius 1 is 1.18 bits per heavy atom. The first-order valence-corrected chi connectivity index (χ1v) is 7.56. The number of nitrogens with zero attached hydrogens (tertiary/aromatic N) is 1. The summed E-state index contributed by atoms with van der Waals surface area (Å²) < 4.78 is 0. The van der Waals surface area contributed by atoms with Gasteiger partial charge in [0.2, 0.25) is 0 Å². The van der Waals surface area contributed by atoms with Crippen LogP contribution < -0.4 is 10.2 Å². The molecule has 3 rings (SSSR count). The number of amides is 2. The molecule has 1 atom stereocenters. The zero-order valence-electron chi connectivity index (χ0n) is 12.9. The number of benzene rings is 2. The van der Waals surface area contributed by atoms with E-state index in [2.05, 4.69) is 31.3 Å². The highest BCUT2D eigenvalue weighted by Crippen LogP contribution is 2.31. The maximum Gasteiger partial charge on any atom is 0.326 e. The third-order valence-electron chi connectivity index (χ3n) is 4.08. The predicted octanol–water partition coefficient (Wildman–Crippen LogP) is 4.13. The van der Waals surface area contributed by atoms with Crippen LogP contribution in [-0.2, 0) is 6.42 Å². The first kappa shape index (κ1) is 14.4. The van der Waals surface area contributed by atoms with Crippen LogP contribution in [0.5, 0.6) is 0 Å². The number of fused-ring (bicyclic) bond motifs is 1. The van der Waals surface area contributed by atoms with Crippen LogP contribution in [0.2, 0.25) is 0 Å². The average Bonchev–Trinajstić information content (AvgIpc) is 2.85. The van der Waals surface area contributed by atoms with Crippen molar-refractivity contribution in [2.45, 2.75) is 26.3 Å². The van der Waals surface area contributed by atoms with Gasteiger partial charge in [-0.1, -0.05) is 42.5 Å². The molecule has 1 unspecified atom stereocenters. The largest absolute Gasteiger partial charge is 0.326 e. The summed E-state index contributed by atoms with van der Waals surface area (Å²) in [6, 6.07) is 16.3. The van der Waals surface area contributed by atoms with E-state index in [1.54, 1.807) is 6.20 Å². The number of carbonyl (C=O) groups excluding carboxylic acids is 1. The van der Waals surface area contributed by atoms with Gasteiger partial charge in [0.15, 0.2) is 0 Å². The lowest BCUT2D eigenvalue weighted by molar-refractivity contribution is 0.248. The molecule has 0 spiro atoms. The van der Waals surface area contributed by atoms with Gasteiger partial charge in [0.25, 0.3) is 0 Å². The Morgan fingerprint density at radius 2 is 1.91 bits per heavy atom. The molecule has 1 aliphatic heterocycles. The van der Waals surface area contributed by atoms with Crippen LogP contribution in [0.1, 0.15) is 23.6 Å². The molecular weight excluding hydrogens is 272 g/mol. The molecule has 3 nitrogen and oxygen atoms in total. The van der Waals surface area contributed by atoms with E-state index in [4.69, 9.17) is 0 Å². The van der Waals surface area contributed by atoms with Crippen molar-refractivity contribution in [1.29, 1.82) is 0 Å². The highest BCUT2D eigenvalue weighted by atomic mass is 16.2. The number of hydrogen-bond donors (Lipinski definition) is 1. The van der Waals surface area contributed by atoms with Gasteiger partial charge in [-0.25, -0.2) is 4.79 Å². The lowest BCUT2D eigenvalue weighted by atomic mass is 10.1. The van der Waals surface area contributed by atoms with Crippen molar-refractivity contribution < 1.29 is 4.79 Å². The molecule has 1 heterocycles. The Morgan fingerprint density at radius 3 is 2.73 bits per heavy atom. The number of rotatable bonds is 2. The lowest BCUT2D eigenvalue weighted by Crippen LogP contribution is -2.41. The predicted molar refractivity (Wildman–Crippen MR) is 90.8 cm³/mol. The number of anilines is 1. The normalized spacial score (nSPS) is 16.8. The molecule has 1 N–H and O–H groups in total. The van der Waals surface area contributed by atoms with Crippen molar-refractivity contribution in [1.82, 2.24) is 5.32 Å². The first-order valence-electron chi connectivity index (χ1n) is 7.56. The fraction of sp³-hybridized carbons (Fsp3) is 0.211. The molecule has 0 aromatic heterocycles. The number of urea groups is 1. The third-order valence-corrected chi connectivity index (χ3v) is 4.08. The molecule has 0 saturated heterocycles. The molecule has 0 aliphatic carbocycles. The van der Waals surface area contributed by atoms with Gasteiger partial charge in [0.1, 0.15) is 0 Å². The van der Waals surface area contributed by atoms with Crippen LogP contribution >= 0.6 is 0 Å². The highest BCUT2D eigenvalue weighted by molar-refractivity contribution is 5.95. The molecule has 3 heteroatoms. The van der Waals surface area contributed by atoms with Crippen molar-refractivity contribution in [2.75, 3.05) is 4.90 Å². The molecule has 2 aromatic carbocycles. The summed E-state index contributed by atoms with van der Waals surface area (Å²) in [4.78, 5) is 14.3. The topological polar surface area (TPSA) is 32.3 Å². The molecule has 1 aliphatic rings. The smallest absolute Gasteiger partial charge is 0.314 e. The van der Waals surface area contributed by atoms with Gasteiger partial charge in [-0.3, -0.25) is 4.90 Å². The summed E-state index contributed by atoms with van der Waals surface area (Å²) in [6.45, 7) is 4.13. The molecule has 0 radical (unpaired) electrons. The molecule has 112 valence electrons. The number of para-hydroxylation sites is 1. The first-order chi connectivity index (χ1) is 10.7. The molecule has 0 bridgehead atoms. The van der Waals surface area contributed by atoms with Crippen LogP contribution in [0.25, 0.3) is 6.08 Å². The molecule has 2 amide bonds. The standard InChI is InChI=1S/C19H20N2O/c1-14-7-3-4-8-16(14)11-12-20-19(22)21-15(2)13-17-9-5-6-10-18(17)21/h3-12,15H,13H2,1-2H3,(H,20,22)/b12-11+. The van der Waals surface area contributed by atoms with E-state index >= 15 is 0 Å². The van der Waals surface area contributed by atoms with Crippen molar-refractivity contribution in [3.05, 3.63) is 71.4 Å². The Labute approximate surface area is 131 Å². The average molecular weight is 292 g/mol. The van der Waals surface area contributed by atoms with Gasteiger partial charge < -0.3 is 5.32 Å². The fourth-order valence-electron chi connectivity index (χ4n) is 2.92. The minimum absolute atomic E-state index is 0.0812. The Bertz CT molecular complexity index is 721. The second-order valence-corrected chi connectivity index (χ2v) is 5.69. The van der Waals surface area contributed by atoms with E-state index in [-0.39, 0.29) is 12.1 Å². The van der Waals surface area contributed by atoms with Gasteiger partial charge in [-0.15, -0.1) is 0 Å². The SMILES string of the molecule is Cc1ccccc1/C=C/NC(=O)N1c2ccccc2CC1C. The summed E-state index contributed by atoms with van der Waals surface area (Å²) in [6.07, 6.45) is 4.56. The Hall–Kier alpha value is -2.55. The van der Waals surface area contributed by atoms with Gasteiger partial charge in [0.05, 0.1) is 0 Å². The van der Waals surface area contributed by atoms with Crippen LogP contribution in [0, 0.1) is 6.92 Å². The maximum atomic E-state index is 12.5. The summed E-state index contributed by atoms with van der Waals surface area (Å²) in [5.74, 6) is 0. The van der Waals surface area contributed by atoms with E-state index in [1.807, 2.05) is 47.4 Å². The number of carbonyl (C=O) groups is 1. The van der Waals surface area contributed by atoms with Crippen LogP contribution in [0.4, 0.5) is 10.5 Å². The second kappa shape index (κ2) is 6.06. The van der Waals surface area contributed by atoms with E-state index in [9.17, 15) is 4.79 Å². The number of aryl methyl sites for hydroxylation is 1. The number of hydrogen-bond acceptors (Lipinski definition) is 1. The van der Waals surface area contributed by atoms with Crippen molar-refractivity contribution in [3.63, 3.8) is 0 Å². The zero-order chi connectivity index (χ0) is 15.5. The van der Waals surface area contributed by atoms with Gasteiger partial charge in [-0.2, -0.15) is 0 Å². The van der Waals surface area contributed by atoms with E-state index < -0.39 is 0 Å². The van der Waals surface area contributed by atoms with Crippen LogP contribution in [0.3, 0.4) is 0 Å².